The maximum Gasteiger partial charge on any atom is 0.221 e. The number of rotatable bonds is 0. The van der Waals surface area contributed by atoms with Crippen molar-refractivity contribution >= 4 is 5.71 Å². The van der Waals surface area contributed by atoms with Crippen molar-refractivity contribution in [3.05, 3.63) is 5.21 Å². The molecule has 0 aliphatic heterocycles. The van der Waals surface area contributed by atoms with Gasteiger partial charge < -0.3 is 5.21 Å². The van der Waals surface area contributed by atoms with Gasteiger partial charge in [0, 0.05) is 17.7 Å². The lowest BCUT2D eigenvalue weighted by molar-refractivity contribution is -0.727. The average molecular weight is 129 g/mol. The predicted octanol–water partition coefficient (Wildman–Crippen LogP) is 1.29. The van der Waals surface area contributed by atoms with E-state index in [4.69, 9.17) is 5.21 Å². The van der Waals surface area contributed by atoms with Crippen LogP contribution in [0.1, 0.15) is 32.1 Å². The van der Waals surface area contributed by atoms with Crippen molar-refractivity contribution in [1.82, 2.24) is 0 Å². The van der Waals surface area contributed by atoms with Gasteiger partial charge in [0.25, 0.3) is 0 Å². The minimum Gasteiger partial charge on any atom is -0.418 e. The van der Waals surface area contributed by atoms with Crippen LogP contribution in [-0.2, 0) is 0 Å². The van der Waals surface area contributed by atoms with Gasteiger partial charge in [-0.25, -0.2) is 0 Å². The molecule has 1 rings (SSSR count). The Kier molecular flexibility index (Phi) is 1.92. The van der Waals surface area contributed by atoms with Gasteiger partial charge in [0.2, 0.25) is 5.71 Å². The van der Waals surface area contributed by atoms with Gasteiger partial charge in [0.1, 0.15) is 0 Å². The second-order valence-electron chi connectivity index (χ2n) is 2.40. The predicted molar refractivity (Wildman–Crippen MR) is 33.5 cm³/mol. The van der Waals surface area contributed by atoms with E-state index in [0.717, 1.165) is 25.7 Å². The molecule has 0 amide bonds. The summed E-state index contributed by atoms with van der Waals surface area (Å²) in [5, 5.41) is 18.7. The molecule has 0 spiro atoms. The Morgan fingerprint density at radius 1 is 1.22 bits per heavy atom. The first-order chi connectivity index (χ1) is 4.30. The van der Waals surface area contributed by atoms with Crippen LogP contribution in [-0.4, -0.2) is 15.8 Å². The Morgan fingerprint density at radius 2 is 1.78 bits per heavy atom. The van der Waals surface area contributed by atoms with Gasteiger partial charge in [0.05, 0.1) is 0 Å². The normalized spacial score (nSPS) is 19.8. The summed E-state index contributed by atoms with van der Waals surface area (Å²) in [6, 6.07) is 0. The quantitative estimate of drug-likeness (QED) is 0.304. The van der Waals surface area contributed by atoms with E-state index < -0.39 is 0 Å². The lowest BCUT2D eigenvalue weighted by Gasteiger charge is -2.07. The fourth-order valence-corrected chi connectivity index (χ4v) is 1.15. The SMILES string of the molecule is [O-][N+](O)=C1CCCCC1. The van der Waals surface area contributed by atoms with Crippen LogP contribution in [0.2, 0.25) is 0 Å². The molecule has 1 N–H and O–H groups in total. The number of nitrogens with zero attached hydrogens (tertiary/aromatic N) is 1. The lowest BCUT2D eigenvalue weighted by atomic mass is 9.99. The second-order valence-corrected chi connectivity index (χ2v) is 2.40. The summed E-state index contributed by atoms with van der Waals surface area (Å²) in [5.41, 5.74) is 0.640. The Morgan fingerprint density at radius 3 is 2.11 bits per heavy atom. The lowest BCUT2D eigenvalue weighted by Crippen LogP contribution is -2.15. The molecule has 9 heavy (non-hydrogen) atoms. The van der Waals surface area contributed by atoms with E-state index in [2.05, 4.69) is 0 Å². The number of hydrogen-bond donors (Lipinski definition) is 1. The van der Waals surface area contributed by atoms with Crippen LogP contribution >= 0.6 is 0 Å². The first kappa shape index (κ1) is 6.39. The van der Waals surface area contributed by atoms with Crippen LogP contribution in [0, 0.1) is 5.21 Å². The van der Waals surface area contributed by atoms with Gasteiger partial charge >= 0.3 is 0 Å². The van der Waals surface area contributed by atoms with Gasteiger partial charge in [-0.05, 0) is 12.8 Å². The zero-order valence-electron chi connectivity index (χ0n) is 5.34. The summed E-state index contributed by atoms with van der Waals surface area (Å²) in [7, 11) is 0. The van der Waals surface area contributed by atoms with E-state index in [1.165, 1.54) is 6.42 Å². The summed E-state index contributed by atoms with van der Waals surface area (Å²) in [4.78, 5) is 0.0269. The molecule has 0 aromatic carbocycles. The maximum atomic E-state index is 10.2. The van der Waals surface area contributed by atoms with Crippen molar-refractivity contribution in [3.8, 4) is 0 Å². The summed E-state index contributed by atoms with van der Waals surface area (Å²) in [6.07, 6.45) is 4.85. The van der Waals surface area contributed by atoms with Crippen LogP contribution in [0.4, 0.5) is 0 Å². The Labute approximate surface area is 54.2 Å². The van der Waals surface area contributed by atoms with Gasteiger partial charge in [-0.1, -0.05) is 6.42 Å². The van der Waals surface area contributed by atoms with Crippen LogP contribution in [0.15, 0.2) is 0 Å². The van der Waals surface area contributed by atoms with Crippen molar-refractivity contribution in [2.24, 2.45) is 0 Å². The van der Waals surface area contributed by atoms with Crippen LogP contribution < -0.4 is 0 Å². The molecule has 3 heteroatoms. The molecule has 0 saturated heterocycles. The van der Waals surface area contributed by atoms with Gasteiger partial charge in [-0.15, -0.1) is 0 Å². The third-order valence-corrected chi connectivity index (χ3v) is 1.70. The minimum absolute atomic E-state index is 0.0269. The maximum absolute atomic E-state index is 10.2. The van der Waals surface area contributed by atoms with Crippen LogP contribution in [0.25, 0.3) is 0 Å². The molecular formula is C6H11NO2. The first-order valence-electron chi connectivity index (χ1n) is 3.31. The standard InChI is InChI=1S/C6H11NO2/c8-7(9)6-4-2-1-3-5-6/h1-5H2,(H,8,9). The summed E-state index contributed by atoms with van der Waals surface area (Å²) < 4.78 is 0. The van der Waals surface area contributed by atoms with E-state index >= 15 is 0 Å². The van der Waals surface area contributed by atoms with E-state index in [-0.39, 0.29) is 4.90 Å². The van der Waals surface area contributed by atoms with Gasteiger partial charge in [-0.2, -0.15) is 0 Å². The molecule has 0 atom stereocenters. The number of hydrogen-bond acceptors (Lipinski definition) is 2. The van der Waals surface area contributed by atoms with Crippen LogP contribution in [0.3, 0.4) is 0 Å². The highest BCUT2D eigenvalue weighted by atomic mass is 16.8. The largest absolute Gasteiger partial charge is 0.418 e. The highest BCUT2D eigenvalue weighted by Crippen LogP contribution is 2.13. The van der Waals surface area contributed by atoms with E-state index in [9.17, 15) is 5.21 Å². The van der Waals surface area contributed by atoms with Crippen molar-refractivity contribution in [2.75, 3.05) is 0 Å². The third-order valence-electron chi connectivity index (χ3n) is 1.70. The molecule has 1 aliphatic carbocycles. The van der Waals surface area contributed by atoms with E-state index in [1.54, 1.807) is 0 Å². The fourth-order valence-electron chi connectivity index (χ4n) is 1.15. The monoisotopic (exact) mass is 129 g/mol. The molecule has 1 saturated carbocycles. The molecule has 0 bridgehead atoms. The van der Waals surface area contributed by atoms with Gasteiger partial charge in [0.15, 0.2) is 0 Å². The highest BCUT2D eigenvalue weighted by molar-refractivity contribution is 5.80. The van der Waals surface area contributed by atoms with Crippen molar-refractivity contribution in [1.29, 1.82) is 0 Å². The van der Waals surface area contributed by atoms with Gasteiger partial charge in [-0.3, -0.25) is 5.21 Å². The molecule has 1 fully saturated rings. The Bertz CT molecular complexity index is 119. The second kappa shape index (κ2) is 2.71. The zero-order chi connectivity index (χ0) is 6.69. The molecule has 0 unspecified atom stereocenters. The molecule has 0 aromatic heterocycles. The van der Waals surface area contributed by atoms with Crippen molar-refractivity contribution in [2.45, 2.75) is 32.1 Å². The molecule has 1 aliphatic rings. The van der Waals surface area contributed by atoms with E-state index in [1.807, 2.05) is 0 Å². The zero-order valence-corrected chi connectivity index (χ0v) is 5.34. The fraction of sp³-hybridized carbons (Fsp3) is 0.833. The topological polar surface area (TPSA) is 46.3 Å². The third kappa shape index (κ3) is 1.59. The first-order valence-corrected chi connectivity index (χ1v) is 3.31. The molecule has 0 aromatic rings. The smallest absolute Gasteiger partial charge is 0.221 e. The summed E-state index contributed by atoms with van der Waals surface area (Å²) in [5.74, 6) is 0. The average Bonchev–Trinajstić information content (AvgIpc) is 1.90. The van der Waals surface area contributed by atoms with E-state index in [0.29, 0.717) is 5.71 Å². The summed E-state index contributed by atoms with van der Waals surface area (Å²) in [6.45, 7) is 0. The highest BCUT2D eigenvalue weighted by Gasteiger charge is 2.14. The molecule has 3 nitrogen and oxygen atoms in total. The van der Waals surface area contributed by atoms with Crippen molar-refractivity contribution in [3.63, 3.8) is 0 Å². The Hall–Kier alpha value is -0.730. The van der Waals surface area contributed by atoms with Crippen molar-refractivity contribution < 1.29 is 10.1 Å². The molecule has 0 heterocycles. The Balaban J connectivity index is 2.49. The van der Waals surface area contributed by atoms with Crippen LogP contribution in [0.5, 0.6) is 0 Å². The molecule has 0 radical (unpaired) electrons. The molecular weight excluding hydrogens is 118 g/mol. The summed E-state index contributed by atoms with van der Waals surface area (Å²) >= 11 is 0. The minimum atomic E-state index is 0.0269. The molecule has 52 valence electrons.